The molecule has 2 nitrogen and oxygen atoms in total. The van der Waals surface area contributed by atoms with E-state index in [1.54, 1.807) is 0 Å². The van der Waals surface area contributed by atoms with Crippen molar-refractivity contribution in [1.29, 1.82) is 0 Å². The first kappa shape index (κ1) is 10.1. The summed E-state index contributed by atoms with van der Waals surface area (Å²) in [4.78, 5) is 4.57. The molecule has 84 valence electrons. The Kier molecular flexibility index (Phi) is 2.41. The SMILES string of the molecule is Cc1ccc(NC2=Nc3ccccc3C2)cc1. The van der Waals surface area contributed by atoms with Crippen LogP contribution in [0, 0.1) is 6.92 Å². The molecule has 0 saturated heterocycles. The molecule has 0 bridgehead atoms. The van der Waals surface area contributed by atoms with Gasteiger partial charge in [0, 0.05) is 12.1 Å². The summed E-state index contributed by atoms with van der Waals surface area (Å²) in [5.74, 6) is 1.02. The Labute approximate surface area is 101 Å². The van der Waals surface area contributed by atoms with Crippen molar-refractivity contribution < 1.29 is 0 Å². The largest absolute Gasteiger partial charge is 0.343 e. The molecule has 0 spiro atoms. The number of aliphatic imine (C=N–C) groups is 1. The van der Waals surface area contributed by atoms with E-state index in [9.17, 15) is 0 Å². The van der Waals surface area contributed by atoms with E-state index in [0.29, 0.717) is 0 Å². The van der Waals surface area contributed by atoms with E-state index in [1.165, 1.54) is 11.1 Å². The van der Waals surface area contributed by atoms with Crippen molar-refractivity contribution in [3.05, 3.63) is 59.7 Å². The molecule has 17 heavy (non-hydrogen) atoms. The van der Waals surface area contributed by atoms with Gasteiger partial charge in [0.15, 0.2) is 0 Å². The Morgan fingerprint density at radius 3 is 2.53 bits per heavy atom. The second-order valence-corrected chi connectivity index (χ2v) is 4.36. The normalized spacial score (nSPS) is 13.1. The van der Waals surface area contributed by atoms with Gasteiger partial charge in [-0.2, -0.15) is 0 Å². The van der Waals surface area contributed by atoms with Crippen molar-refractivity contribution >= 4 is 17.2 Å². The zero-order chi connectivity index (χ0) is 11.7. The summed E-state index contributed by atoms with van der Waals surface area (Å²) in [5, 5.41) is 3.36. The van der Waals surface area contributed by atoms with E-state index in [4.69, 9.17) is 0 Å². The molecule has 2 aromatic rings. The van der Waals surface area contributed by atoms with Crippen molar-refractivity contribution in [2.45, 2.75) is 13.3 Å². The van der Waals surface area contributed by atoms with Crippen LogP contribution in [0.2, 0.25) is 0 Å². The lowest BCUT2D eigenvalue weighted by atomic mass is 10.1. The van der Waals surface area contributed by atoms with Gasteiger partial charge in [0.2, 0.25) is 0 Å². The molecule has 1 aliphatic heterocycles. The number of para-hydroxylation sites is 1. The molecule has 0 saturated carbocycles. The quantitative estimate of drug-likeness (QED) is 0.781. The number of fused-ring (bicyclic) bond motifs is 1. The second kappa shape index (κ2) is 4.06. The highest BCUT2D eigenvalue weighted by Gasteiger charge is 2.13. The maximum Gasteiger partial charge on any atom is 0.111 e. The predicted molar refractivity (Wildman–Crippen MR) is 72.0 cm³/mol. The van der Waals surface area contributed by atoms with Crippen molar-refractivity contribution in [3.63, 3.8) is 0 Å². The fourth-order valence-electron chi connectivity index (χ4n) is 2.01. The van der Waals surface area contributed by atoms with Gasteiger partial charge in [-0.25, -0.2) is 4.99 Å². The molecule has 1 aliphatic rings. The molecule has 0 amide bonds. The summed E-state index contributed by atoms with van der Waals surface area (Å²) < 4.78 is 0. The molecule has 0 aliphatic carbocycles. The summed E-state index contributed by atoms with van der Waals surface area (Å²) in [6, 6.07) is 16.6. The summed E-state index contributed by atoms with van der Waals surface area (Å²) in [5.41, 5.74) is 4.75. The van der Waals surface area contributed by atoms with Crippen molar-refractivity contribution in [2.24, 2.45) is 4.99 Å². The topological polar surface area (TPSA) is 24.4 Å². The molecule has 1 N–H and O–H groups in total. The van der Waals surface area contributed by atoms with Crippen LogP contribution in [0.25, 0.3) is 0 Å². The van der Waals surface area contributed by atoms with Gasteiger partial charge in [-0.15, -0.1) is 0 Å². The molecule has 0 fully saturated rings. The Morgan fingerprint density at radius 2 is 1.76 bits per heavy atom. The number of amidine groups is 1. The van der Waals surface area contributed by atoms with Gasteiger partial charge in [-0.1, -0.05) is 35.9 Å². The van der Waals surface area contributed by atoms with Gasteiger partial charge < -0.3 is 5.32 Å². The van der Waals surface area contributed by atoms with Gasteiger partial charge in [-0.05, 0) is 30.7 Å². The summed E-state index contributed by atoms with van der Waals surface area (Å²) >= 11 is 0. The summed E-state index contributed by atoms with van der Waals surface area (Å²) in [7, 11) is 0. The summed E-state index contributed by atoms with van der Waals surface area (Å²) in [6.45, 7) is 2.09. The van der Waals surface area contributed by atoms with Gasteiger partial charge >= 0.3 is 0 Å². The van der Waals surface area contributed by atoms with Crippen LogP contribution in [0.15, 0.2) is 53.5 Å². The van der Waals surface area contributed by atoms with E-state index < -0.39 is 0 Å². The highest BCUT2D eigenvalue weighted by Crippen LogP contribution is 2.26. The predicted octanol–water partition coefficient (Wildman–Crippen LogP) is 3.69. The third-order valence-corrected chi connectivity index (χ3v) is 2.95. The van der Waals surface area contributed by atoms with E-state index in [-0.39, 0.29) is 0 Å². The minimum Gasteiger partial charge on any atom is -0.343 e. The minimum absolute atomic E-state index is 0.893. The van der Waals surface area contributed by atoms with Gasteiger partial charge in [0.1, 0.15) is 5.84 Å². The lowest BCUT2D eigenvalue weighted by Gasteiger charge is -2.05. The van der Waals surface area contributed by atoms with E-state index in [0.717, 1.165) is 23.6 Å². The maximum absolute atomic E-state index is 4.57. The van der Waals surface area contributed by atoms with Crippen molar-refractivity contribution in [1.82, 2.24) is 0 Å². The number of hydrogen-bond acceptors (Lipinski definition) is 2. The highest BCUT2D eigenvalue weighted by molar-refractivity contribution is 6.01. The lowest BCUT2D eigenvalue weighted by molar-refractivity contribution is 1.38. The molecule has 0 aromatic heterocycles. The molecule has 0 unspecified atom stereocenters. The number of hydrogen-bond donors (Lipinski definition) is 1. The Balaban J connectivity index is 1.79. The van der Waals surface area contributed by atoms with Gasteiger partial charge in [-0.3, -0.25) is 0 Å². The van der Waals surface area contributed by atoms with Crippen LogP contribution in [0.4, 0.5) is 11.4 Å². The Bertz CT molecular complexity index is 568. The van der Waals surface area contributed by atoms with Crippen LogP contribution in [-0.2, 0) is 6.42 Å². The molecular formula is C15H14N2. The maximum atomic E-state index is 4.57. The number of aryl methyl sites for hydroxylation is 1. The zero-order valence-electron chi connectivity index (χ0n) is 9.77. The highest BCUT2D eigenvalue weighted by atomic mass is 15.0. The fraction of sp³-hybridized carbons (Fsp3) is 0.133. The number of anilines is 1. The average molecular weight is 222 g/mol. The first-order chi connectivity index (χ1) is 8.31. The molecule has 1 heterocycles. The van der Waals surface area contributed by atoms with Crippen LogP contribution in [0.5, 0.6) is 0 Å². The van der Waals surface area contributed by atoms with E-state index in [1.807, 2.05) is 6.07 Å². The third-order valence-electron chi connectivity index (χ3n) is 2.95. The smallest absolute Gasteiger partial charge is 0.111 e. The Morgan fingerprint density at radius 1 is 1.00 bits per heavy atom. The molecular weight excluding hydrogens is 208 g/mol. The van der Waals surface area contributed by atoms with E-state index >= 15 is 0 Å². The van der Waals surface area contributed by atoms with E-state index in [2.05, 4.69) is 59.7 Å². The second-order valence-electron chi connectivity index (χ2n) is 4.36. The minimum atomic E-state index is 0.893. The number of nitrogens with zero attached hydrogens (tertiary/aromatic N) is 1. The van der Waals surface area contributed by atoms with Gasteiger partial charge in [0.25, 0.3) is 0 Å². The number of rotatable bonds is 1. The molecule has 3 rings (SSSR count). The van der Waals surface area contributed by atoms with Crippen molar-refractivity contribution in [2.75, 3.05) is 5.32 Å². The molecule has 0 atom stereocenters. The van der Waals surface area contributed by atoms with Crippen LogP contribution in [0.1, 0.15) is 11.1 Å². The standard InChI is InChI=1S/C15H14N2/c1-11-6-8-13(9-7-11)16-15-10-12-4-2-3-5-14(12)17-15/h2-9H,10H2,1H3,(H,16,17). The number of nitrogens with one attached hydrogen (secondary N) is 1. The zero-order valence-corrected chi connectivity index (χ0v) is 9.77. The first-order valence-electron chi connectivity index (χ1n) is 5.80. The van der Waals surface area contributed by atoms with Crippen LogP contribution in [0.3, 0.4) is 0 Å². The monoisotopic (exact) mass is 222 g/mol. The Hall–Kier alpha value is -2.09. The molecule has 2 aromatic carbocycles. The van der Waals surface area contributed by atoms with Crippen LogP contribution >= 0.6 is 0 Å². The fourth-order valence-corrected chi connectivity index (χ4v) is 2.01. The third kappa shape index (κ3) is 2.07. The first-order valence-corrected chi connectivity index (χ1v) is 5.80. The lowest BCUT2D eigenvalue weighted by Crippen LogP contribution is -2.11. The van der Waals surface area contributed by atoms with Crippen LogP contribution in [-0.4, -0.2) is 5.84 Å². The van der Waals surface area contributed by atoms with Gasteiger partial charge in [0.05, 0.1) is 5.69 Å². The average Bonchev–Trinajstić information content (AvgIpc) is 2.74. The molecule has 2 heteroatoms. The van der Waals surface area contributed by atoms with Crippen LogP contribution < -0.4 is 5.32 Å². The summed E-state index contributed by atoms with van der Waals surface area (Å²) in [6.07, 6.45) is 0.893. The number of benzene rings is 2. The molecule has 0 radical (unpaired) electrons. The van der Waals surface area contributed by atoms with Crippen molar-refractivity contribution in [3.8, 4) is 0 Å².